The number of aryl methyl sites for hydroxylation is 2. The molecule has 1 aliphatic carbocycles. The number of ketones is 1. The van der Waals surface area contributed by atoms with Crippen LogP contribution in [0.5, 0.6) is 0 Å². The molecule has 5 heterocycles. The molecule has 302 valence electrons. The van der Waals surface area contributed by atoms with Crippen molar-refractivity contribution in [1.29, 1.82) is 0 Å². The molecule has 1 unspecified atom stereocenters. The highest BCUT2D eigenvalue weighted by Crippen LogP contribution is 2.59. The Morgan fingerprint density at radius 3 is 2.53 bits per heavy atom. The summed E-state index contributed by atoms with van der Waals surface area (Å²) >= 11 is 0. The zero-order valence-corrected chi connectivity index (χ0v) is 32.7. The van der Waals surface area contributed by atoms with Gasteiger partial charge in [-0.1, -0.05) is 25.1 Å². The van der Waals surface area contributed by atoms with Crippen LogP contribution < -0.4 is 10.6 Å². The molecule has 2 N–H and O–H groups in total. The zero-order chi connectivity index (χ0) is 41.7. The second kappa shape index (κ2) is 15.3. The summed E-state index contributed by atoms with van der Waals surface area (Å²) in [4.78, 5) is 64.4. The number of halogens is 3. The van der Waals surface area contributed by atoms with Crippen LogP contribution in [0.25, 0.3) is 27.7 Å². The van der Waals surface area contributed by atoms with E-state index in [4.69, 9.17) is 0 Å². The molecule has 16 heteroatoms. The van der Waals surface area contributed by atoms with Gasteiger partial charge in [0.25, 0.3) is 0 Å². The number of piperidine rings is 1. The van der Waals surface area contributed by atoms with Crippen molar-refractivity contribution in [1.82, 2.24) is 39.6 Å². The number of hydrogen-bond donors (Lipinski definition) is 2. The van der Waals surface area contributed by atoms with Gasteiger partial charge < -0.3 is 15.5 Å². The molecule has 4 aromatic heterocycles. The molecule has 1 aromatic carbocycles. The van der Waals surface area contributed by atoms with Crippen molar-refractivity contribution < 1.29 is 32.3 Å². The molecule has 2 aliphatic rings. The Kier molecular flexibility index (Phi) is 10.5. The van der Waals surface area contributed by atoms with Crippen LogP contribution in [0.15, 0.2) is 68.0 Å². The number of allylic oxidation sites excluding steroid dienone is 2. The molecule has 3 amide bonds. The van der Waals surface area contributed by atoms with Crippen LogP contribution in [-0.2, 0) is 33.5 Å². The van der Waals surface area contributed by atoms with E-state index < -0.39 is 41.2 Å². The highest BCUT2D eigenvalue weighted by atomic mass is 19.4. The number of nitrogens with one attached hydrogen (secondary N) is 2. The van der Waals surface area contributed by atoms with E-state index in [9.17, 15) is 32.3 Å². The number of amides is 3. The lowest BCUT2D eigenvalue weighted by Gasteiger charge is -2.27. The van der Waals surface area contributed by atoms with Gasteiger partial charge >= 0.3 is 6.18 Å². The van der Waals surface area contributed by atoms with Crippen LogP contribution in [0.4, 0.5) is 19.0 Å². The van der Waals surface area contributed by atoms with Crippen LogP contribution in [0.3, 0.4) is 0 Å². The second-order valence-corrected chi connectivity index (χ2v) is 15.5. The van der Waals surface area contributed by atoms with Crippen LogP contribution in [-0.4, -0.2) is 76.4 Å². The molecule has 1 saturated heterocycles. The molecule has 0 spiro atoms. The van der Waals surface area contributed by atoms with Gasteiger partial charge in [0, 0.05) is 60.3 Å². The summed E-state index contributed by atoms with van der Waals surface area (Å²) < 4.78 is 43.9. The number of Topliss-reactive ketones (excluding diaryl/α,β-unsaturated/α-hetero) is 1. The van der Waals surface area contributed by atoms with Gasteiger partial charge in [0.05, 0.1) is 11.2 Å². The van der Waals surface area contributed by atoms with E-state index in [2.05, 4.69) is 44.0 Å². The Hall–Kier alpha value is -6.19. The van der Waals surface area contributed by atoms with Gasteiger partial charge in [0.15, 0.2) is 11.4 Å². The predicted octanol–water partition coefficient (Wildman–Crippen LogP) is 6.42. The Bertz CT molecular complexity index is 2510. The molecule has 1 saturated carbocycles. The molecule has 2 fully saturated rings. The third-order valence-electron chi connectivity index (χ3n) is 11.2. The highest BCUT2D eigenvalue weighted by molar-refractivity contribution is 6.07. The topological polar surface area (TPSA) is 156 Å². The maximum atomic E-state index is 14.6. The normalized spacial score (nSPS) is 19.2. The summed E-state index contributed by atoms with van der Waals surface area (Å²) in [6.07, 6.45) is 4.57. The Morgan fingerprint density at radius 2 is 1.83 bits per heavy atom. The number of alkyl halides is 3. The zero-order valence-electron chi connectivity index (χ0n) is 32.7. The van der Waals surface area contributed by atoms with Gasteiger partial charge in [-0.2, -0.15) is 23.4 Å². The molecular weight excluding hydrogens is 752 g/mol. The van der Waals surface area contributed by atoms with Crippen LogP contribution in [0.2, 0.25) is 0 Å². The molecular formula is C42H44F3N9O4. The predicted molar refractivity (Wildman–Crippen MR) is 211 cm³/mol. The van der Waals surface area contributed by atoms with Crippen LogP contribution in [0.1, 0.15) is 72.5 Å². The lowest BCUT2D eigenvalue weighted by molar-refractivity contribution is -0.141. The summed E-state index contributed by atoms with van der Waals surface area (Å²) in [6.45, 7) is 14.1. The van der Waals surface area contributed by atoms with E-state index in [1.54, 1.807) is 22.9 Å². The van der Waals surface area contributed by atoms with Crippen molar-refractivity contribution in [3.63, 3.8) is 0 Å². The highest BCUT2D eigenvalue weighted by Gasteiger charge is 2.67. The molecule has 0 radical (unpaired) electrons. The fourth-order valence-electron chi connectivity index (χ4n) is 8.03. The number of fused-ring (bicyclic) bond motifs is 3. The number of pyridine rings is 1. The number of carbonyl (C=O) groups excluding carboxylic acids is 4. The number of benzene rings is 1. The average Bonchev–Trinajstić information content (AvgIpc) is 3.40. The van der Waals surface area contributed by atoms with Crippen molar-refractivity contribution in [3.8, 4) is 11.1 Å². The number of anilines is 1. The molecule has 13 nitrogen and oxygen atoms in total. The first-order chi connectivity index (χ1) is 27.5. The monoisotopic (exact) mass is 795 g/mol. The number of carbonyl (C=O) groups is 4. The van der Waals surface area contributed by atoms with E-state index >= 15 is 0 Å². The SMILES string of the molecule is C=CCCC(C)C(=O)NC[C@@]12C[C@@H](C(=O)Nc3nc(C(F)(F)F)ccc3C)N(C(=O)Cn3nc(C(C)=O)c4cc(-c5cnc6cc(C)nn6c5)cc(CC=C)c43)[C@@H]1C2. The molecule has 5 aromatic rings. The number of rotatable bonds is 14. The first-order valence-corrected chi connectivity index (χ1v) is 19.1. The summed E-state index contributed by atoms with van der Waals surface area (Å²) in [5.41, 5.74) is 2.91. The number of likely N-dealkylation sites (tertiary alicyclic amines) is 1. The van der Waals surface area contributed by atoms with Gasteiger partial charge in [-0.15, -0.1) is 13.2 Å². The van der Waals surface area contributed by atoms with Crippen LogP contribution in [0, 0.1) is 25.2 Å². The summed E-state index contributed by atoms with van der Waals surface area (Å²) in [6, 6.07) is 6.12. The number of aromatic nitrogens is 6. The van der Waals surface area contributed by atoms with Gasteiger partial charge in [0.1, 0.15) is 29.8 Å². The molecule has 58 heavy (non-hydrogen) atoms. The minimum Gasteiger partial charge on any atom is -0.355 e. The fourth-order valence-corrected chi connectivity index (χ4v) is 8.03. The largest absolute Gasteiger partial charge is 0.433 e. The average molecular weight is 796 g/mol. The Labute approximate surface area is 332 Å². The Morgan fingerprint density at radius 1 is 1.05 bits per heavy atom. The summed E-state index contributed by atoms with van der Waals surface area (Å²) in [5, 5.41) is 15.2. The lowest BCUT2D eigenvalue weighted by atomic mass is 9.98. The van der Waals surface area contributed by atoms with Gasteiger partial charge in [-0.3, -0.25) is 23.9 Å². The van der Waals surface area contributed by atoms with Gasteiger partial charge in [-0.25, -0.2) is 14.5 Å². The van der Waals surface area contributed by atoms with Crippen molar-refractivity contribution in [2.24, 2.45) is 11.3 Å². The Balaban J connectivity index is 1.23. The number of hydrogen-bond acceptors (Lipinski definition) is 8. The minimum absolute atomic E-state index is 0.148. The first kappa shape index (κ1) is 40.0. The van der Waals surface area contributed by atoms with E-state index in [-0.39, 0.29) is 48.6 Å². The van der Waals surface area contributed by atoms with Crippen molar-refractivity contribution in [2.75, 3.05) is 11.9 Å². The third kappa shape index (κ3) is 7.62. The fraction of sp³-hybridized carbons (Fsp3) is 0.381. The van der Waals surface area contributed by atoms with E-state index in [0.717, 1.165) is 28.5 Å². The van der Waals surface area contributed by atoms with Gasteiger partial charge in [-0.05, 0) is 80.8 Å². The van der Waals surface area contributed by atoms with Crippen LogP contribution >= 0.6 is 0 Å². The molecule has 1 aliphatic heterocycles. The second-order valence-electron chi connectivity index (χ2n) is 15.5. The first-order valence-electron chi connectivity index (χ1n) is 19.1. The van der Waals surface area contributed by atoms with Crippen molar-refractivity contribution in [3.05, 3.63) is 96.2 Å². The van der Waals surface area contributed by atoms with Gasteiger partial charge in [0.2, 0.25) is 17.7 Å². The quantitative estimate of drug-likeness (QED) is 0.0964. The smallest absolute Gasteiger partial charge is 0.355 e. The lowest BCUT2D eigenvalue weighted by Crippen LogP contribution is -2.47. The molecule has 0 bridgehead atoms. The molecule has 7 rings (SSSR count). The maximum absolute atomic E-state index is 14.6. The van der Waals surface area contributed by atoms with Crippen molar-refractivity contribution in [2.45, 2.75) is 84.6 Å². The van der Waals surface area contributed by atoms with E-state index in [1.807, 2.05) is 38.2 Å². The maximum Gasteiger partial charge on any atom is 0.433 e. The summed E-state index contributed by atoms with van der Waals surface area (Å²) in [7, 11) is 0. The minimum atomic E-state index is -4.74. The van der Waals surface area contributed by atoms with E-state index in [0.29, 0.717) is 47.8 Å². The van der Waals surface area contributed by atoms with E-state index in [1.165, 1.54) is 29.5 Å². The molecule has 4 atom stereocenters. The number of nitrogens with zero attached hydrogens (tertiary/aromatic N) is 7. The van der Waals surface area contributed by atoms with Crippen molar-refractivity contribution >= 4 is 45.9 Å². The third-order valence-corrected chi connectivity index (χ3v) is 11.2. The summed E-state index contributed by atoms with van der Waals surface area (Å²) in [5.74, 6) is -2.23. The standard InChI is InChI=1S/C42H44F3N9O4/c1-7-9-11-24(4)39(57)47-22-41-17-31(40(58)49-38-23(3)12-13-32(48-38)42(43,44)45)54(33(41)18-41)35(56)21-53-37-27(10-8-2)15-28(16-30(37)36(51-53)26(6)55)29-19-46-34-14-25(5)50-52(34)20-29/h7-8,12-16,19-20,24,31,33H,1-2,9-11,17-18,21-22H2,3-6H3,(H,47,57)(H,48,49,58)/t24?,31-,33+,41-/m0/s1.